The molecule has 0 saturated carbocycles. The van der Waals surface area contributed by atoms with E-state index in [0.717, 1.165) is 30.8 Å². The summed E-state index contributed by atoms with van der Waals surface area (Å²) in [6.45, 7) is 8.24. The van der Waals surface area contributed by atoms with Gasteiger partial charge >= 0.3 is 0 Å². The topological polar surface area (TPSA) is 50.4 Å². The summed E-state index contributed by atoms with van der Waals surface area (Å²) in [6.07, 6.45) is 1.05. The summed E-state index contributed by atoms with van der Waals surface area (Å²) in [7, 11) is 0. The van der Waals surface area contributed by atoms with Crippen LogP contribution in [0, 0.1) is 5.41 Å². The predicted octanol–water partition coefficient (Wildman–Crippen LogP) is 2.09. The molecule has 1 aromatic carbocycles. The second kappa shape index (κ2) is 6.27. The largest absolute Gasteiger partial charge is 0.491 e. The maximum Gasteiger partial charge on any atom is 0.227 e. The van der Waals surface area contributed by atoms with Gasteiger partial charge in [-0.15, -0.1) is 0 Å². The lowest BCUT2D eigenvalue weighted by atomic mass is 9.89. The molecule has 1 saturated heterocycles. The Kier molecular flexibility index (Phi) is 4.65. The Labute approximate surface area is 120 Å². The van der Waals surface area contributed by atoms with Crippen LogP contribution in [0.3, 0.4) is 0 Å². The number of hydrogen-bond donors (Lipinski definition) is 2. The number of rotatable bonds is 5. The van der Waals surface area contributed by atoms with E-state index >= 15 is 0 Å². The Morgan fingerprint density at radius 1 is 1.50 bits per heavy atom. The minimum Gasteiger partial charge on any atom is -0.491 e. The fourth-order valence-corrected chi connectivity index (χ4v) is 2.41. The van der Waals surface area contributed by atoms with Gasteiger partial charge in [0.1, 0.15) is 5.75 Å². The van der Waals surface area contributed by atoms with Crippen LogP contribution in [0.5, 0.6) is 5.75 Å². The number of benzene rings is 1. The van der Waals surface area contributed by atoms with Gasteiger partial charge < -0.3 is 15.4 Å². The zero-order valence-electron chi connectivity index (χ0n) is 12.5. The van der Waals surface area contributed by atoms with Gasteiger partial charge in [-0.05, 0) is 51.4 Å². The van der Waals surface area contributed by atoms with Crippen molar-refractivity contribution in [3.8, 4) is 5.75 Å². The molecule has 2 N–H and O–H groups in total. The molecule has 1 aliphatic heterocycles. The lowest BCUT2D eigenvalue weighted by Crippen LogP contribution is -2.40. The van der Waals surface area contributed by atoms with Crippen molar-refractivity contribution >= 4 is 5.91 Å². The minimum absolute atomic E-state index is 0.123. The molecule has 1 atom stereocenters. The Hall–Kier alpha value is -1.55. The van der Waals surface area contributed by atoms with Crippen LogP contribution in [0.25, 0.3) is 0 Å². The number of carbonyl (C=O) groups is 1. The molecule has 4 nitrogen and oxygen atoms in total. The molecule has 110 valence electrons. The van der Waals surface area contributed by atoms with Crippen molar-refractivity contribution in [2.24, 2.45) is 5.41 Å². The first-order valence-electron chi connectivity index (χ1n) is 7.24. The fraction of sp³-hybridized carbons (Fsp3) is 0.562. The van der Waals surface area contributed by atoms with E-state index in [1.54, 1.807) is 0 Å². The highest BCUT2D eigenvalue weighted by atomic mass is 16.5. The summed E-state index contributed by atoms with van der Waals surface area (Å²) < 4.78 is 5.66. The van der Waals surface area contributed by atoms with E-state index < -0.39 is 0 Å². The Morgan fingerprint density at radius 2 is 2.30 bits per heavy atom. The molecule has 0 spiro atoms. The van der Waals surface area contributed by atoms with Gasteiger partial charge in [0.2, 0.25) is 5.91 Å². The summed E-state index contributed by atoms with van der Waals surface area (Å²) in [5.41, 5.74) is 0.789. The maximum atomic E-state index is 12.2. The molecule has 20 heavy (non-hydrogen) atoms. The van der Waals surface area contributed by atoms with E-state index in [0.29, 0.717) is 6.54 Å². The zero-order valence-corrected chi connectivity index (χ0v) is 12.5. The van der Waals surface area contributed by atoms with Crippen LogP contribution in [0.1, 0.15) is 32.8 Å². The molecule has 1 amide bonds. The Bertz CT molecular complexity index is 465. The van der Waals surface area contributed by atoms with E-state index in [-0.39, 0.29) is 17.4 Å². The van der Waals surface area contributed by atoms with E-state index in [1.165, 1.54) is 0 Å². The summed E-state index contributed by atoms with van der Waals surface area (Å²) >= 11 is 0. The second-order valence-electron chi connectivity index (χ2n) is 5.98. The van der Waals surface area contributed by atoms with Gasteiger partial charge in [0.05, 0.1) is 11.5 Å². The fourth-order valence-electron chi connectivity index (χ4n) is 2.41. The van der Waals surface area contributed by atoms with Crippen molar-refractivity contribution in [1.82, 2.24) is 10.6 Å². The lowest BCUT2D eigenvalue weighted by Gasteiger charge is -2.21. The molecular weight excluding hydrogens is 252 g/mol. The summed E-state index contributed by atoms with van der Waals surface area (Å²) in [4.78, 5) is 12.2. The van der Waals surface area contributed by atoms with E-state index in [9.17, 15) is 4.79 Å². The van der Waals surface area contributed by atoms with Crippen LogP contribution in [-0.2, 0) is 11.3 Å². The number of ether oxygens (including phenoxy) is 1. The molecule has 0 aliphatic carbocycles. The molecule has 1 aromatic rings. The summed E-state index contributed by atoms with van der Waals surface area (Å²) in [6, 6.07) is 7.88. The predicted molar refractivity (Wildman–Crippen MR) is 79.6 cm³/mol. The van der Waals surface area contributed by atoms with Gasteiger partial charge in [0.15, 0.2) is 0 Å². The first kappa shape index (κ1) is 14.9. The second-order valence-corrected chi connectivity index (χ2v) is 5.98. The van der Waals surface area contributed by atoms with E-state index in [1.807, 2.05) is 45.0 Å². The van der Waals surface area contributed by atoms with E-state index in [2.05, 4.69) is 10.6 Å². The molecule has 1 fully saturated rings. The van der Waals surface area contributed by atoms with Gasteiger partial charge in [-0.25, -0.2) is 0 Å². The number of hydrogen-bond acceptors (Lipinski definition) is 3. The van der Waals surface area contributed by atoms with Crippen LogP contribution >= 0.6 is 0 Å². The quantitative estimate of drug-likeness (QED) is 0.866. The number of amides is 1. The normalized spacial score (nSPS) is 22.0. The smallest absolute Gasteiger partial charge is 0.227 e. The molecule has 2 rings (SSSR count). The monoisotopic (exact) mass is 276 g/mol. The lowest BCUT2D eigenvalue weighted by molar-refractivity contribution is -0.129. The minimum atomic E-state index is -0.272. The van der Waals surface area contributed by atoms with Crippen molar-refractivity contribution in [1.29, 1.82) is 0 Å². The van der Waals surface area contributed by atoms with Gasteiger partial charge in [0.25, 0.3) is 0 Å². The molecule has 0 bridgehead atoms. The third-order valence-corrected chi connectivity index (χ3v) is 3.64. The highest BCUT2D eigenvalue weighted by Gasteiger charge is 2.35. The SMILES string of the molecule is CC(C)Oc1cccc(CNC(=O)C2(C)CCNC2)c1. The van der Waals surface area contributed by atoms with Crippen LogP contribution in [0.15, 0.2) is 24.3 Å². The molecule has 4 heteroatoms. The van der Waals surface area contributed by atoms with Crippen molar-refractivity contribution in [2.45, 2.75) is 39.8 Å². The standard InChI is InChI=1S/C16H24N2O2/c1-12(2)20-14-6-4-5-13(9-14)10-18-15(19)16(3)7-8-17-11-16/h4-6,9,12,17H,7-8,10-11H2,1-3H3,(H,18,19). The third-order valence-electron chi connectivity index (χ3n) is 3.64. The van der Waals surface area contributed by atoms with E-state index in [4.69, 9.17) is 4.74 Å². The summed E-state index contributed by atoms with van der Waals surface area (Å²) in [5.74, 6) is 0.971. The molecule has 0 radical (unpaired) electrons. The zero-order chi connectivity index (χ0) is 14.6. The summed E-state index contributed by atoms with van der Waals surface area (Å²) in [5, 5.41) is 6.27. The number of carbonyl (C=O) groups excluding carboxylic acids is 1. The van der Waals surface area contributed by atoms with Crippen molar-refractivity contribution in [3.63, 3.8) is 0 Å². The van der Waals surface area contributed by atoms with Gasteiger partial charge in [0, 0.05) is 13.1 Å². The average Bonchev–Trinajstić information content (AvgIpc) is 2.84. The average molecular weight is 276 g/mol. The molecule has 1 heterocycles. The van der Waals surface area contributed by atoms with Gasteiger partial charge in [-0.2, -0.15) is 0 Å². The maximum absolute atomic E-state index is 12.2. The highest BCUT2D eigenvalue weighted by Crippen LogP contribution is 2.24. The van der Waals surface area contributed by atoms with Crippen LogP contribution in [0.4, 0.5) is 0 Å². The molecular formula is C16H24N2O2. The highest BCUT2D eigenvalue weighted by molar-refractivity contribution is 5.82. The Balaban J connectivity index is 1.92. The van der Waals surface area contributed by atoms with Gasteiger partial charge in [-0.3, -0.25) is 4.79 Å². The van der Waals surface area contributed by atoms with Crippen molar-refractivity contribution in [3.05, 3.63) is 29.8 Å². The van der Waals surface area contributed by atoms with Crippen LogP contribution in [0.2, 0.25) is 0 Å². The number of nitrogens with one attached hydrogen (secondary N) is 2. The first-order chi connectivity index (χ1) is 9.49. The molecule has 1 aliphatic rings. The van der Waals surface area contributed by atoms with Gasteiger partial charge in [-0.1, -0.05) is 12.1 Å². The third kappa shape index (κ3) is 3.73. The Morgan fingerprint density at radius 3 is 2.95 bits per heavy atom. The first-order valence-corrected chi connectivity index (χ1v) is 7.24. The molecule has 1 unspecified atom stereocenters. The van der Waals surface area contributed by atoms with Crippen molar-refractivity contribution in [2.75, 3.05) is 13.1 Å². The van der Waals surface area contributed by atoms with Crippen LogP contribution in [-0.4, -0.2) is 25.1 Å². The molecule has 0 aromatic heterocycles. The van der Waals surface area contributed by atoms with Crippen LogP contribution < -0.4 is 15.4 Å². The van der Waals surface area contributed by atoms with Crippen molar-refractivity contribution < 1.29 is 9.53 Å².